The molecule has 0 saturated heterocycles. The highest BCUT2D eigenvalue weighted by molar-refractivity contribution is 4.42. The van der Waals surface area contributed by atoms with Crippen LogP contribution in [0.25, 0.3) is 0 Å². The van der Waals surface area contributed by atoms with E-state index in [4.69, 9.17) is 5.11 Å². The molecule has 2 heteroatoms. The van der Waals surface area contributed by atoms with Crippen LogP contribution in [0.15, 0.2) is 0 Å². The van der Waals surface area contributed by atoms with Crippen molar-refractivity contribution in [3.05, 3.63) is 0 Å². The quantitative estimate of drug-likeness (QED) is 0.456. The molecular weight excluding hydrogens is 162 g/mol. The minimum atomic E-state index is 0.354. The van der Waals surface area contributed by atoms with E-state index in [9.17, 15) is 0 Å². The summed E-state index contributed by atoms with van der Waals surface area (Å²) < 4.78 is 1.15. The van der Waals surface area contributed by atoms with Crippen molar-refractivity contribution in [1.29, 1.82) is 0 Å². The third kappa shape index (κ3) is 8.26. The molecule has 0 heterocycles. The molecule has 13 heavy (non-hydrogen) atoms. The van der Waals surface area contributed by atoms with E-state index in [1.165, 1.54) is 38.8 Å². The van der Waals surface area contributed by atoms with E-state index in [1.807, 2.05) is 0 Å². The Morgan fingerprint density at radius 2 is 1.54 bits per heavy atom. The highest BCUT2D eigenvalue weighted by atomic mass is 16.2. The highest BCUT2D eigenvalue weighted by Gasteiger charge is 2.11. The third-order valence-corrected chi connectivity index (χ3v) is 2.50. The Kier molecular flexibility index (Phi) is 7.29. The first kappa shape index (κ1) is 12.9. The van der Waals surface area contributed by atoms with E-state index in [0.717, 1.165) is 10.9 Å². The maximum absolute atomic E-state index is 8.61. The van der Waals surface area contributed by atoms with Crippen molar-refractivity contribution in [1.82, 2.24) is 0 Å². The smallest absolute Gasteiger partial charge is 0.0782 e. The molecule has 0 saturated carbocycles. The molecule has 0 aliphatic rings. The normalized spacial score (nSPS) is 12.0. The van der Waals surface area contributed by atoms with Crippen LogP contribution >= 0.6 is 0 Å². The molecule has 0 aromatic heterocycles. The minimum Gasteiger partial charge on any atom is -0.396 e. The average Bonchev–Trinajstić information content (AvgIpc) is 2.04. The molecule has 0 aromatic rings. The van der Waals surface area contributed by atoms with Crippen LogP contribution in [0.4, 0.5) is 0 Å². The molecule has 0 unspecified atom stereocenters. The fraction of sp³-hybridized carbons (Fsp3) is 1.00. The van der Waals surface area contributed by atoms with Gasteiger partial charge < -0.3 is 9.59 Å². The molecule has 0 aliphatic carbocycles. The number of aliphatic hydroxyl groups is 1. The fourth-order valence-corrected chi connectivity index (χ4v) is 1.72. The second-order valence-electron chi connectivity index (χ2n) is 4.52. The molecular formula is C11H26NO+. The zero-order valence-electron chi connectivity index (χ0n) is 9.55. The summed E-state index contributed by atoms with van der Waals surface area (Å²) in [7, 11) is 4.60. The SMILES string of the molecule is CCC[N+](C)(C)CCCCCCO. The number of hydrogen-bond acceptors (Lipinski definition) is 1. The van der Waals surface area contributed by atoms with Crippen molar-refractivity contribution >= 4 is 0 Å². The van der Waals surface area contributed by atoms with Crippen molar-refractivity contribution < 1.29 is 9.59 Å². The van der Waals surface area contributed by atoms with E-state index in [1.54, 1.807) is 0 Å². The van der Waals surface area contributed by atoms with Gasteiger partial charge in [-0.25, -0.2) is 0 Å². The molecule has 0 rings (SSSR count). The molecule has 80 valence electrons. The van der Waals surface area contributed by atoms with Crippen molar-refractivity contribution in [3.63, 3.8) is 0 Å². The number of quaternary nitrogens is 1. The summed E-state index contributed by atoms with van der Waals surface area (Å²) in [5.74, 6) is 0. The molecule has 0 radical (unpaired) electrons. The van der Waals surface area contributed by atoms with Gasteiger partial charge in [-0.3, -0.25) is 0 Å². The van der Waals surface area contributed by atoms with Gasteiger partial charge >= 0.3 is 0 Å². The van der Waals surface area contributed by atoms with Gasteiger partial charge in [-0.1, -0.05) is 13.3 Å². The third-order valence-electron chi connectivity index (χ3n) is 2.50. The lowest BCUT2D eigenvalue weighted by molar-refractivity contribution is -0.890. The number of aliphatic hydroxyl groups excluding tert-OH is 1. The molecule has 1 N–H and O–H groups in total. The molecule has 0 atom stereocenters. The van der Waals surface area contributed by atoms with Crippen LogP contribution in [-0.4, -0.2) is 43.4 Å². The van der Waals surface area contributed by atoms with Crippen LogP contribution in [0.2, 0.25) is 0 Å². The van der Waals surface area contributed by atoms with E-state index in [2.05, 4.69) is 21.0 Å². The molecule has 0 bridgehead atoms. The first-order chi connectivity index (χ1) is 6.12. The first-order valence-electron chi connectivity index (χ1n) is 5.55. The summed E-state index contributed by atoms with van der Waals surface area (Å²) in [6, 6.07) is 0. The Labute approximate surface area is 83.2 Å². The lowest BCUT2D eigenvalue weighted by Gasteiger charge is -2.29. The summed E-state index contributed by atoms with van der Waals surface area (Å²) in [6.45, 7) is 5.15. The second kappa shape index (κ2) is 7.34. The van der Waals surface area contributed by atoms with Crippen molar-refractivity contribution in [2.75, 3.05) is 33.8 Å². The lowest BCUT2D eigenvalue weighted by Crippen LogP contribution is -2.40. The Hall–Kier alpha value is -0.0800. The van der Waals surface area contributed by atoms with Gasteiger partial charge in [0.1, 0.15) is 0 Å². The van der Waals surface area contributed by atoms with Gasteiger partial charge in [0, 0.05) is 6.61 Å². The van der Waals surface area contributed by atoms with Crippen molar-refractivity contribution in [2.45, 2.75) is 39.0 Å². The van der Waals surface area contributed by atoms with Gasteiger partial charge in [0.15, 0.2) is 0 Å². The summed E-state index contributed by atoms with van der Waals surface area (Å²) in [6.07, 6.45) is 5.99. The van der Waals surface area contributed by atoms with Crippen LogP contribution in [0.5, 0.6) is 0 Å². The predicted molar refractivity (Wildman–Crippen MR) is 57.7 cm³/mol. The van der Waals surface area contributed by atoms with Crippen LogP contribution in [0, 0.1) is 0 Å². The van der Waals surface area contributed by atoms with Gasteiger partial charge in [0.25, 0.3) is 0 Å². The summed E-state index contributed by atoms with van der Waals surface area (Å²) in [5, 5.41) is 8.61. The summed E-state index contributed by atoms with van der Waals surface area (Å²) in [4.78, 5) is 0. The maximum atomic E-state index is 8.61. The molecule has 0 aromatic carbocycles. The van der Waals surface area contributed by atoms with E-state index in [0.29, 0.717) is 6.61 Å². The number of nitrogens with zero attached hydrogens (tertiary/aromatic N) is 1. The second-order valence-corrected chi connectivity index (χ2v) is 4.52. The Bertz CT molecular complexity index is 113. The standard InChI is InChI=1S/C11H26NO/c1-4-9-12(2,3)10-7-5-6-8-11-13/h13H,4-11H2,1-3H3/q+1. The lowest BCUT2D eigenvalue weighted by atomic mass is 10.2. The minimum absolute atomic E-state index is 0.354. The average molecular weight is 188 g/mol. The monoisotopic (exact) mass is 188 g/mol. The topological polar surface area (TPSA) is 20.2 Å². The fourth-order valence-electron chi connectivity index (χ4n) is 1.72. The Morgan fingerprint density at radius 1 is 0.923 bits per heavy atom. The van der Waals surface area contributed by atoms with Crippen LogP contribution in [0.3, 0.4) is 0 Å². The first-order valence-corrected chi connectivity index (χ1v) is 5.55. The van der Waals surface area contributed by atoms with E-state index >= 15 is 0 Å². The molecule has 0 spiro atoms. The predicted octanol–water partition coefficient (Wildman–Crippen LogP) is 2.03. The van der Waals surface area contributed by atoms with Crippen LogP contribution in [-0.2, 0) is 0 Å². The molecule has 0 aliphatic heterocycles. The maximum Gasteiger partial charge on any atom is 0.0782 e. The van der Waals surface area contributed by atoms with Gasteiger partial charge in [-0.15, -0.1) is 0 Å². The highest BCUT2D eigenvalue weighted by Crippen LogP contribution is 2.05. The van der Waals surface area contributed by atoms with E-state index in [-0.39, 0.29) is 0 Å². The number of unbranched alkanes of at least 4 members (excludes halogenated alkanes) is 3. The number of hydrogen-bond donors (Lipinski definition) is 1. The van der Waals surface area contributed by atoms with Crippen LogP contribution < -0.4 is 0 Å². The zero-order chi connectivity index (χ0) is 10.2. The van der Waals surface area contributed by atoms with Gasteiger partial charge in [0.2, 0.25) is 0 Å². The molecule has 0 fully saturated rings. The zero-order valence-corrected chi connectivity index (χ0v) is 9.55. The van der Waals surface area contributed by atoms with Gasteiger partial charge in [0.05, 0.1) is 27.2 Å². The Morgan fingerprint density at radius 3 is 2.08 bits per heavy atom. The Balaban J connectivity index is 3.29. The van der Waals surface area contributed by atoms with Crippen molar-refractivity contribution in [3.8, 4) is 0 Å². The summed E-state index contributed by atoms with van der Waals surface area (Å²) in [5.41, 5.74) is 0. The number of rotatable bonds is 8. The van der Waals surface area contributed by atoms with Gasteiger partial charge in [-0.05, 0) is 25.7 Å². The van der Waals surface area contributed by atoms with Crippen molar-refractivity contribution in [2.24, 2.45) is 0 Å². The largest absolute Gasteiger partial charge is 0.396 e. The molecule has 0 amide bonds. The van der Waals surface area contributed by atoms with E-state index < -0.39 is 0 Å². The molecule has 2 nitrogen and oxygen atoms in total. The van der Waals surface area contributed by atoms with Gasteiger partial charge in [-0.2, -0.15) is 0 Å². The van der Waals surface area contributed by atoms with Crippen LogP contribution in [0.1, 0.15) is 39.0 Å². The summed E-state index contributed by atoms with van der Waals surface area (Å²) >= 11 is 0.